The summed E-state index contributed by atoms with van der Waals surface area (Å²) in [4.78, 5) is 22.3. The minimum absolute atomic E-state index is 0.0229. The van der Waals surface area contributed by atoms with Crippen LogP contribution in [0, 0.1) is 0 Å². The van der Waals surface area contributed by atoms with Gasteiger partial charge in [0.25, 0.3) is 0 Å². The predicted octanol–water partition coefficient (Wildman–Crippen LogP) is 0.562. The van der Waals surface area contributed by atoms with E-state index in [4.69, 9.17) is 4.74 Å². The Morgan fingerprint density at radius 1 is 1.23 bits per heavy atom. The Bertz CT molecular complexity index is 194. The van der Waals surface area contributed by atoms with Crippen molar-refractivity contribution in [2.45, 2.75) is 19.8 Å². The number of quaternary nitrogens is 1. The summed E-state index contributed by atoms with van der Waals surface area (Å²) in [7, 11) is 4.93. The van der Waals surface area contributed by atoms with Crippen LogP contribution in [0.25, 0.3) is 0 Å². The molecule has 4 nitrogen and oxygen atoms in total. The van der Waals surface area contributed by atoms with E-state index in [9.17, 15) is 9.59 Å². The quantitative estimate of drug-likeness (QED) is 0.281. The average Bonchev–Trinajstić information content (AvgIpc) is 2.01. The van der Waals surface area contributed by atoms with Gasteiger partial charge in [-0.2, -0.15) is 0 Å². The van der Waals surface area contributed by atoms with E-state index in [2.05, 4.69) is 0 Å². The Labute approximate surface area is 79.1 Å². The van der Waals surface area contributed by atoms with Crippen molar-refractivity contribution in [3.63, 3.8) is 0 Å². The first-order chi connectivity index (χ1) is 5.89. The van der Waals surface area contributed by atoms with Crippen molar-refractivity contribution in [2.75, 3.05) is 27.7 Å². The molecule has 0 fully saturated rings. The third kappa shape index (κ3) is 4.62. The SMILES string of the molecule is CCCCOC(=O)C(=O)[N+](C)(C)C. The van der Waals surface area contributed by atoms with Gasteiger partial charge in [-0.15, -0.1) is 0 Å². The Morgan fingerprint density at radius 2 is 1.77 bits per heavy atom. The predicted molar refractivity (Wildman–Crippen MR) is 48.9 cm³/mol. The molecular weight excluding hydrogens is 170 g/mol. The number of ether oxygens (including phenoxy) is 1. The van der Waals surface area contributed by atoms with E-state index in [1.54, 1.807) is 21.1 Å². The highest BCUT2D eigenvalue weighted by atomic mass is 16.5. The van der Waals surface area contributed by atoms with Crippen LogP contribution in [0.1, 0.15) is 19.8 Å². The van der Waals surface area contributed by atoms with Gasteiger partial charge in [0.2, 0.25) is 0 Å². The van der Waals surface area contributed by atoms with Crippen LogP contribution < -0.4 is 0 Å². The first-order valence-corrected chi connectivity index (χ1v) is 4.42. The number of rotatable bonds is 3. The molecule has 0 aliphatic carbocycles. The maximum atomic E-state index is 11.3. The van der Waals surface area contributed by atoms with Crippen molar-refractivity contribution >= 4 is 11.9 Å². The number of hydrogen-bond donors (Lipinski definition) is 0. The van der Waals surface area contributed by atoms with Crippen molar-refractivity contribution in [1.82, 2.24) is 0 Å². The van der Waals surface area contributed by atoms with Gasteiger partial charge in [0.05, 0.1) is 27.7 Å². The fraction of sp³-hybridized carbons (Fsp3) is 0.778. The van der Waals surface area contributed by atoms with E-state index in [-0.39, 0.29) is 4.48 Å². The molecule has 0 aromatic heterocycles. The summed E-state index contributed by atoms with van der Waals surface area (Å²) in [5.74, 6) is -1.25. The second-order valence-electron chi connectivity index (χ2n) is 3.81. The molecule has 0 aromatic carbocycles. The highest BCUT2D eigenvalue weighted by Gasteiger charge is 2.30. The molecule has 0 unspecified atom stereocenters. The van der Waals surface area contributed by atoms with Gasteiger partial charge in [-0.1, -0.05) is 13.3 Å². The molecule has 0 bridgehead atoms. The fourth-order valence-electron chi connectivity index (χ4n) is 0.645. The first-order valence-electron chi connectivity index (χ1n) is 4.42. The zero-order valence-corrected chi connectivity index (χ0v) is 8.79. The molecule has 4 heteroatoms. The molecule has 0 spiro atoms. The summed E-state index contributed by atoms with van der Waals surface area (Å²) < 4.78 is 4.74. The van der Waals surface area contributed by atoms with E-state index >= 15 is 0 Å². The van der Waals surface area contributed by atoms with E-state index < -0.39 is 11.9 Å². The topological polar surface area (TPSA) is 43.4 Å². The molecule has 76 valence electrons. The number of carbonyl (C=O) groups excluding carboxylic acids is 2. The molecule has 13 heavy (non-hydrogen) atoms. The number of esters is 1. The van der Waals surface area contributed by atoms with Crippen molar-refractivity contribution < 1.29 is 18.8 Å². The summed E-state index contributed by atoms with van der Waals surface area (Å²) in [6.45, 7) is 2.33. The maximum absolute atomic E-state index is 11.3. The van der Waals surface area contributed by atoms with E-state index in [0.717, 1.165) is 12.8 Å². The summed E-state index contributed by atoms with van der Waals surface area (Å²) in [5.41, 5.74) is 0. The molecule has 0 saturated carbocycles. The lowest BCUT2D eigenvalue weighted by Crippen LogP contribution is -2.46. The van der Waals surface area contributed by atoms with Crippen LogP contribution in [0.15, 0.2) is 0 Å². The standard InChI is InChI=1S/C9H18NO3/c1-5-6-7-13-9(12)8(11)10(2,3)4/h5-7H2,1-4H3/q+1. The Balaban J connectivity index is 3.92. The summed E-state index contributed by atoms with van der Waals surface area (Å²) >= 11 is 0. The van der Waals surface area contributed by atoms with Gasteiger partial charge in [-0.05, 0) is 6.42 Å². The molecule has 0 aliphatic rings. The Morgan fingerprint density at radius 3 is 2.15 bits per heavy atom. The number of nitrogens with zero attached hydrogens (tertiary/aromatic N) is 1. The molecular formula is C9H18NO3+. The molecule has 0 aromatic rings. The van der Waals surface area contributed by atoms with Gasteiger partial charge >= 0.3 is 11.9 Å². The maximum Gasteiger partial charge on any atom is 0.437 e. The number of hydrogen-bond acceptors (Lipinski definition) is 3. The lowest BCUT2D eigenvalue weighted by Gasteiger charge is -2.18. The van der Waals surface area contributed by atoms with Gasteiger partial charge in [0.15, 0.2) is 0 Å². The highest BCUT2D eigenvalue weighted by molar-refractivity contribution is 6.29. The van der Waals surface area contributed by atoms with Crippen molar-refractivity contribution in [2.24, 2.45) is 0 Å². The minimum atomic E-state index is -0.735. The van der Waals surface area contributed by atoms with E-state index in [1.807, 2.05) is 6.92 Å². The summed E-state index contributed by atoms with van der Waals surface area (Å²) in [5, 5.41) is 0. The molecule has 0 heterocycles. The average molecular weight is 188 g/mol. The normalized spacial score (nSPS) is 11.1. The number of likely N-dealkylation sites (N-methyl/N-ethyl adjacent to an activating group) is 1. The second kappa shape index (κ2) is 4.97. The smallest absolute Gasteiger partial charge is 0.437 e. The van der Waals surface area contributed by atoms with Gasteiger partial charge in [-0.3, -0.25) is 4.48 Å². The van der Waals surface area contributed by atoms with Crippen LogP contribution in [-0.2, 0) is 14.3 Å². The summed E-state index contributed by atoms with van der Waals surface area (Å²) in [6, 6.07) is 0. The second-order valence-corrected chi connectivity index (χ2v) is 3.81. The molecule has 0 radical (unpaired) electrons. The van der Waals surface area contributed by atoms with Crippen LogP contribution in [0.5, 0.6) is 0 Å². The molecule has 0 atom stereocenters. The van der Waals surface area contributed by atoms with Gasteiger partial charge < -0.3 is 4.74 Å². The Kier molecular flexibility index (Phi) is 4.62. The van der Waals surface area contributed by atoms with Gasteiger partial charge in [0, 0.05) is 0 Å². The Hall–Kier alpha value is -0.900. The molecule has 1 amide bonds. The van der Waals surface area contributed by atoms with Crippen LogP contribution in [0.2, 0.25) is 0 Å². The zero-order chi connectivity index (χ0) is 10.5. The molecule has 0 N–H and O–H groups in total. The molecule has 0 rings (SSSR count). The van der Waals surface area contributed by atoms with Crippen LogP contribution in [-0.4, -0.2) is 44.1 Å². The van der Waals surface area contributed by atoms with E-state index in [0.29, 0.717) is 6.61 Å². The number of carbonyl (C=O) groups is 2. The molecule has 0 saturated heterocycles. The minimum Gasteiger partial charge on any atom is -0.456 e. The third-order valence-corrected chi connectivity index (χ3v) is 1.51. The lowest BCUT2D eigenvalue weighted by molar-refractivity contribution is -0.788. The van der Waals surface area contributed by atoms with Crippen LogP contribution >= 0.6 is 0 Å². The van der Waals surface area contributed by atoms with Crippen LogP contribution in [0.4, 0.5) is 0 Å². The zero-order valence-electron chi connectivity index (χ0n) is 8.79. The first kappa shape index (κ1) is 12.1. The number of amides is 1. The lowest BCUT2D eigenvalue weighted by atomic mass is 10.4. The highest BCUT2D eigenvalue weighted by Crippen LogP contribution is 1.96. The van der Waals surface area contributed by atoms with Crippen molar-refractivity contribution in [1.29, 1.82) is 0 Å². The fourth-order valence-corrected chi connectivity index (χ4v) is 0.645. The van der Waals surface area contributed by atoms with Gasteiger partial charge in [-0.25, -0.2) is 9.59 Å². The van der Waals surface area contributed by atoms with E-state index in [1.165, 1.54) is 0 Å². The summed E-state index contributed by atoms with van der Waals surface area (Å²) in [6.07, 6.45) is 1.75. The van der Waals surface area contributed by atoms with Crippen molar-refractivity contribution in [3.8, 4) is 0 Å². The third-order valence-electron chi connectivity index (χ3n) is 1.51. The van der Waals surface area contributed by atoms with Crippen molar-refractivity contribution in [3.05, 3.63) is 0 Å². The van der Waals surface area contributed by atoms with Gasteiger partial charge in [0.1, 0.15) is 0 Å². The van der Waals surface area contributed by atoms with Crippen LogP contribution in [0.3, 0.4) is 0 Å². The largest absolute Gasteiger partial charge is 0.456 e. The monoisotopic (exact) mass is 188 g/mol. The number of unbranched alkanes of at least 4 members (excludes halogenated alkanes) is 1. The molecule has 0 aliphatic heterocycles.